The molecule has 1 amide bonds. The van der Waals surface area contributed by atoms with E-state index in [0.29, 0.717) is 35.3 Å². The van der Waals surface area contributed by atoms with Gasteiger partial charge in [0.05, 0.1) is 22.6 Å². The molecule has 0 aliphatic heterocycles. The van der Waals surface area contributed by atoms with Gasteiger partial charge in [-0.3, -0.25) is 14.2 Å². The Bertz CT molecular complexity index is 1330. The molecule has 168 valence electrons. The van der Waals surface area contributed by atoms with Crippen LogP contribution in [0.4, 0.5) is 0 Å². The van der Waals surface area contributed by atoms with E-state index in [4.69, 9.17) is 4.98 Å². The number of halogens is 1. The van der Waals surface area contributed by atoms with E-state index in [1.54, 1.807) is 10.6 Å². The molecule has 1 aromatic heterocycles. The second kappa shape index (κ2) is 10.1. The Morgan fingerprint density at radius 2 is 1.73 bits per heavy atom. The van der Waals surface area contributed by atoms with Gasteiger partial charge in [0, 0.05) is 16.6 Å². The van der Waals surface area contributed by atoms with Crippen LogP contribution in [0, 0.1) is 0 Å². The standard InChI is InChI=1S/C27H26BrN3O2/c1-3-17-30(26(32)19-11-10-12-20(28)18-19)24(4-2)25-29-23-16-9-8-15-22(23)27(33)31(25)21-13-6-5-7-14-21/h5-16,18,24H,3-4,17H2,1-2H3. The fourth-order valence-electron chi connectivity index (χ4n) is 4.17. The van der Waals surface area contributed by atoms with Crippen LogP contribution in [-0.4, -0.2) is 26.9 Å². The summed E-state index contributed by atoms with van der Waals surface area (Å²) in [5.41, 5.74) is 1.84. The fourth-order valence-corrected chi connectivity index (χ4v) is 4.57. The third-order valence-electron chi connectivity index (χ3n) is 5.67. The number of carbonyl (C=O) groups is 1. The molecule has 1 heterocycles. The zero-order valence-electron chi connectivity index (χ0n) is 18.7. The predicted molar refractivity (Wildman–Crippen MR) is 136 cm³/mol. The fraction of sp³-hybridized carbons (Fsp3) is 0.222. The van der Waals surface area contributed by atoms with Gasteiger partial charge in [-0.2, -0.15) is 0 Å². The number of benzene rings is 3. The first-order chi connectivity index (χ1) is 16.0. The second-order valence-corrected chi connectivity index (χ2v) is 8.81. The molecule has 33 heavy (non-hydrogen) atoms. The van der Waals surface area contributed by atoms with Gasteiger partial charge in [-0.15, -0.1) is 0 Å². The number of para-hydroxylation sites is 2. The van der Waals surface area contributed by atoms with Crippen molar-refractivity contribution in [3.63, 3.8) is 0 Å². The minimum atomic E-state index is -0.367. The molecule has 5 nitrogen and oxygen atoms in total. The van der Waals surface area contributed by atoms with Gasteiger partial charge < -0.3 is 4.90 Å². The summed E-state index contributed by atoms with van der Waals surface area (Å²) < 4.78 is 2.51. The van der Waals surface area contributed by atoms with Crippen molar-refractivity contribution in [3.8, 4) is 5.69 Å². The van der Waals surface area contributed by atoms with Crippen molar-refractivity contribution in [2.45, 2.75) is 32.7 Å². The van der Waals surface area contributed by atoms with Crippen LogP contribution in [0.2, 0.25) is 0 Å². The van der Waals surface area contributed by atoms with Gasteiger partial charge >= 0.3 is 0 Å². The largest absolute Gasteiger partial charge is 0.328 e. The average molecular weight is 504 g/mol. The van der Waals surface area contributed by atoms with Crippen molar-refractivity contribution in [2.75, 3.05) is 6.54 Å². The molecule has 3 aromatic carbocycles. The summed E-state index contributed by atoms with van der Waals surface area (Å²) in [4.78, 5) is 34.1. The SMILES string of the molecule is CCCN(C(=O)c1cccc(Br)c1)C(CC)c1nc2ccccc2c(=O)n1-c1ccccc1. The number of aromatic nitrogens is 2. The van der Waals surface area contributed by atoms with E-state index in [2.05, 4.69) is 15.9 Å². The zero-order chi connectivity index (χ0) is 23.4. The summed E-state index contributed by atoms with van der Waals surface area (Å²) in [6.07, 6.45) is 1.41. The lowest BCUT2D eigenvalue weighted by Crippen LogP contribution is -2.39. The molecule has 0 N–H and O–H groups in total. The first-order valence-corrected chi connectivity index (χ1v) is 12.0. The Balaban J connectivity index is 1.94. The molecule has 0 saturated heterocycles. The molecule has 6 heteroatoms. The molecule has 1 unspecified atom stereocenters. The number of nitrogens with zero attached hydrogens (tertiary/aromatic N) is 3. The number of fused-ring (bicyclic) bond motifs is 1. The van der Waals surface area contributed by atoms with Gasteiger partial charge in [0.2, 0.25) is 0 Å². The molecule has 1 atom stereocenters. The number of rotatable bonds is 7. The Morgan fingerprint density at radius 3 is 2.42 bits per heavy atom. The zero-order valence-corrected chi connectivity index (χ0v) is 20.3. The lowest BCUT2D eigenvalue weighted by molar-refractivity contribution is 0.0659. The van der Waals surface area contributed by atoms with E-state index in [1.165, 1.54) is 0 Å². The lowest BCUT2D eigenvalue weighted by Gasteiger charge is -2.32. The number of amides is 1. The van der Waals surface area contributed by atoms with Gasteiger partial charge in [0.25, 0.3) is 11.5 Å². The van der Waals surface area contributed by atoms with Crippen molar-refractivity contribution in [2.24, 2.45) is 0 Å². The predicted octanol–water partition coefficient (Wildman–Crippen LogP) is 6.15. The van der Waals surface area contributed by atoms with Gasteiger partial charge in [-0.25, -0.2) is 4.98 Å². The molecular formula is C27H26BrN3O2. The maximum atomic E-state index is 13.6. The van der Waals surface area contributed by atoms with Gasteiger partial charge in [-0.1, -0.05) is 66.2 Å². The van der Waals surface area contributed by atoms with Crippen LogP contribution >= 0.6 is 15.9 Å². The Kier molecular flexibility index (Phi) is 7.04. The first-order valence-electron chi connectivity index (χ1n) is 11.2. The summed E-state index contributed by atoms with van der Waals surface area (Å²) in [6.45, 7) is 4.63. The normalized spacial score (nSPS) is 12.0. The molecule has 0 saturated carbocycles. The van der Waals surface area contributed by atoms with Crippen LogP contribution in [0.1, 0.15) is 48.9 Å². The summed E-state index contributed by atoms with van der Waals surface area (Å²) in [5, 5.41) is 0.556. The van der Waals surface area contributed by atoms with Gasteiger partial charge in [0.15, 0.2) is 0 Å². The maximum Gasteiger partial charge on any atom is 0.266 e. The Hall–Kier alpha value is -3.25. The first kappa shape index (κ1) is 22.9. The van der Waals surface area contributed by atoms with Gasteiger partial charge in [0.1, 0.15) is 5.82 Å². The van der Waals surface area contributed by atoms with Gasteiger partial charge in [-0.05, 0) is 55.3 Å². The van der Waals surface area contributed by atoms with Crippen molar-refractivity contribution >= 4 is 32.7 Å². The third kappa shape index (κ3) is 4.62. The van der Waals surface area contributed by atoms with Crippen molar-refractivity contribution in [3.05, 3.63) is 105 Å². The van der Waals surface area contributed by atoms with Crippen LogP contribution in [0.3, 0.4) is 0 Å². The molecule has 0 aliphatic carbocycles. The van der Waals surface area contributed by atoms with E-state index in [1.807, 2.05) is 91.5 Å². The summed E-state index contributed by atoms with van der Waals surface area (Å²) in [6, 6.07) is 23.9. The molecule has 4 aromatic rings. The van der Waals surface area contributed by atoms with E-state index in [0.717, 1.165) is 16.6 Å². The molecule has 0 radical (unpaired) electrons. The minimum Gasteiger partial charge on any atom is -0.328 e. The monoisotopic (exact) mass is 503 g/mol. The molecule has 0 bridgehead atoms. The highest BCUT2D eigenvalue weighted by atomic mass is 79.9. The molecule has 0 spiro atoms. The molecule has 4 rings (SSSR count). The minimum absolute atomic E-state index is 0.0768. The van der Waals surface area contributed by atoms with E-state index < -0.39 is 0 Å². The van der Waals surface area contributed by atoms with E-state index >= 15 is 0 Å². The summed E-state index contributed by atoms with van der Waals surface area (Å²) >= 11 is 3.47. The van der Waals surface area contributed by atoms with Crippen LogP contribution in [0.15, 0.2) is 88.1 Å². The van der Waals surface area contributed by atoms with Crippen LogP contribution in [0.5, 0.6) is 0 Å². The summed E-state index contributed by atoms with van der Waals surface area (Å²) in [7, 11) is 0. The molecule has 0 aliphatic rings. The molecular weight excluding hydrogens is 478 g/mol. The quantitative estimate of drug-likeness (QED) is 0.303. The lowest BCUT2D eigenvalue weighted by atomic mass is 10.1. The second-order valence-electron chi connectivity index (χ2n) is 7.90. The van der Waals surface area contributed by atoms with E-state index in [-0.39, 0.29) is 17.5 Å². The van der Waals surface area contributed by atoms with Crippen LogP contribution in [0.25, 0.3) is 16.6 Å². The van der Waals surface area contributed by atoms with Crippen LogP contribution < -0.4 is 5.56 Å². The Morgan fingerprint density at radius 1 is 1.00 bits per heavy atom. The highest BCUT2D eigenvalue weighted by Gasteiger charge is 2.29. The van der Waals surface area contributed by atoms with Crippen LogP contribution in [-0.2, 0) is 0 Å². The number of hydrogen-bond donors (Lipinski definition) is 0. The number of carbonyl (C=O) groups excluding carboxylic acids is 1. The van der Waals surface area contributed by atoms with Crippen molar-refractivity contribution in [1.29, 1.82) is 0 Å². The number of hydrogen-bond acceptors (Lipinski definition) is 3. The smallest absolute Gasteiger partial charge is 0.266 e. The Labute approximate surface area is 201 Å². The summed E-state index contributed by atoms with van der Waals surface area (Å²) in [5.74, 6) is 0.496. The highest BCUT2D eigenvalue weighted by molar-refractivity contribution is 9.10. The topological polar surface area (TPSA) is 55.2 Å². The van der Waals surface area contributed by atoms with Crippen molar-refractivity contribution < 1.29 is 4.79 Å². The maximum absolute atomic E-state index is 13.6. The third-order valence-corrected chi connectivity index (χ3v) is 6.17. The highest BCUT2D eigenvalue weighted by Crippen LogP contribution is 2.28. The average Bonchev–Trinajstić information content (AvgIpc) is 2.84. The van der Waals surface area contributed by atoms with Crippen molar-refractivity contribution in [1.82, 2.24) is 14.5 Å². The molecule has 0 fully saturated rings. The van der Waals surface area contributed by atoms with E-state index in [9.17, 15) is 9.59 Å².